The quantitative estimate of drug-likeness (QED) is 0.557. The van der Waals surface area contributed by atoms with Gasteiger partial charge in [-0.15, -0.1) is 0 Å². The Morgan fingerprint density at radius 2 is 1.59 bits per heavy atom. The normalized spacial score (nSPS) is 10.6. The number of benzene rings is 1. The molecule has 0 bridgehead atoms. The lowest BCUT2D eigenvalue weighted by molar-refractivity contribution is 1.10. The van der Waals surface area contributed by atoms with E-state index >= 15 is 0 Å². The van der Waals surface area contributed by atoms with Crippen molar-refractivity contribution in [1.82, 2.24) is 9.97 Å². The fourth-order valence-corrected chi connectivity index (χ4v) is 3.06. The van der Waals surface area contributed by atoms with Crippen molar-refractivity contribution >= 4 is 58.2 Å². The lowest BCUT2D eigenvalue weighted by atomic mass is 10.4. The highest BCUT2D eigenvalue weighted by molar-refractivity contribution is 7.99. The molecule has 0 unspecified atom stereocenters. The first-order valence-corrected chi connectivity index (χ1v) is 6.71. The molecule has 0 atom stereocenters. The molecule has 0 fully saturated rings. The van der Waals surface area contributed by atoms with Crippen LogP contribution < -0.4 is 0 Å². The fourth-order valence-electron chi connectivity index (χ4n) is 1.11. The Morgan fingerprint density at radius 3 is 2.18 bits per heavy atom. The Bertz CT molecular complexity index is 539. The van der Waals surface area contributed by atoms with E-state index in [2.05, 4.69) is 9.97 Å². The molecule has 0 aliphatic carbocycles. The molecule has 0 spiro atoms. The second-order valence-electron chi connectivity index (χ2n) is 2.96. The van der Waals surface area contributed by atoms with E-state index in [0.717, 1.165) is 4.90 Å². The molecule has 2 aromatic rings. The molecule has 0 saturated heterocycles. The lowest BCUT2D eigenvalue weighted by Gasteiger charge is -2.05. The van der Waals surface area contributed by atoms with Gasteiger partial charge in [-0.2, -0.15) is 0 Å². The highest BCUT2D eigenvalue weighted by Crippen LogP contribution is 2.37. The van der Waals surface area contributed by atoms with Crippen LogP contribution in [-0.2, 0) is 0 Å². The van der Waals surface area contributed by atoms with Gasteiger partial charge in [-0.25, -0.2) is 9.97 Å². The van der Waals surface area contributed by atoms with Crippen LogP contribution in [0.3, 0.4) is 0 Å². The Kier molecular flexibility index (Phi) is 4.39. The summed E-state index contributed by atoms with van der Waals surface area (Å²) in [5.41, 5.74) is 0. The maximum atomic E-state index is 5.95. The van der Waals surface area contributed by atoms with Crippen LogP contribution in [0.2, 0.25) is 20.6 Å². The van der Waals surface area contributed by atoms with Gasteiger partial charge in [-0.1, -0.05) is 52.6 Å². The Morgan fingerprint density at radius 1 is 0.941 bits per heavy atom. The first-order chi connectivity index (χ1) is 8.06. The zero-order valence-corrected chi connectivity index (χ0v) is 12.0. The van der Waals surface area contributed by atoms with Crippen LogP contribution in [0.25, 0.3) is 0 Å². The van der Waals surface area contributed by atoms with E-state index in [-0.39, 0.29) is 15.6 Å². The van der Waals surface area contributed by atoms with E-state index in [1.54, 1.807) is 12.1 Å². The molecule has 0 amide bonds. The van der Waals surface area contributed by atoms with Gasteiger partial charge in [0, 0.05) is 9.92 Å². The monoisotopic (exact) mass is 324 g/mol. The third kappa shape index (κ3) is 3.39. The maximum Gasteiger partial charge on any atom is 0.225 e. The number of hydrogen-bond acceptors (Lipinski definition) is 3. The minimum absolute atomic E-state index is 0.0236. The van der Waals surface area contributed by atoms with E-state index < -0.39 is 0 Å². The zero-order valence-electron chi connectivity index (χ0n) is 8.12. The molecule has 0 N–H and O–H groups in total. The summed E-state index contributed by atoms with van der Waals surface area (Å²) in [4.78, 5) is 9.12. The summed E-state index contributed by atoms with van der Waals surface area (Å²) >= 11 is 24.7. The summed E-state index contributed by atoms with van der Waals surface area (Å²) in [7, 11) is 0. The van der Waals surface area contributed by atoms with Crippen LogP contribution in [0.15, 0.2) is 34.1 Å². The highest BCUT2D eigenvalue weighted by Gasteiger charge is 2.12. The van der Waals surface area contributed by atoms with E-state index in [1.807, 2.05) is 12.1 Å². The van der Waals surface area contributed by atoms with Crippen molar-refractivity contribution in [2.75, 3.05) is 0 Å². The van der Waals surface area contributed by atoms with Crippen LogP contribution in [0.1, 0.15) is 0 Å². The third-order valence-corrected chi connectivity index (χ3v) is 4.03. The SMILES string of the molecule is Clc1cccc(Sc2c(Cl)nc(Cl)nc2Cl)c1. The van der Waals surface area contributed by atoms with E-state index in [1.165, 1.54) is 11.8 Å². The molecular weight excluding hydrogens is 322 g/mol. The summed E-state index contributed by atoms with van der Waals surface area (Å²) in [6, 6.07) is 7.31. The molecule has 0 aliphatic rings. The zero-order chi connectivity index (χ0) is 12.4. The van der Waals surface area contributed by atoms with Crippen LogP contribution in [0.4, 0.5) is 0 Å². The summed E-state index contributed by atoms with van der Waals surface area (Å²) in [6.45, 7) is 0. The predicted molar refractivity (Wildman–Crippen MR) is 72.6 cm³/mol. The molecule has 0 radical (unpaired) electrons. The topological polar surface area (TPSA) is 25.8 Å². The summed E-state index contributed by atoms with van der Waals surface area (Å²) in [6.07, 6.45) is 0. The third-order valence-electron chi connectivity index (χ3n) is 1.77. The van der Waals surface area contributed by atoms with Gasteiger partial charge in [-0.3, -0.25) is 0 Å². The van der Waals surface area contributed by atoms with Gasteiger partial charge in [-0.05, 0) is 29.8 Å². The van der Waals surface area contributed by atoms with Crippen LogP contribution in [-0.4, -0.2) is 9.97 Å². The molecule has 2 rings (SSSR count). The Balaban J connectivity index is 2.36. The van der Waals surface area contributed by atoms with Crippen LogP contribution >= 0.6 is 58.2 Å². The second kappa shape index (κ2) is 5.63. The summed E-state index contributed by atoms with van der Waals surface area (Å²) in [5, 5.41) is 1.10. The van der Waals surface area contributed by atoms with Crippen LogP contribution in [0, 0.1) is 0 Å². The number of nitrogens with zero attached hydrogens (tertiary/aromatic N) is 2. The first-order valence-electron chi connectivity index (χ1n) is 4.38. The van der Waals surface area contributed by atoms with Crippen molar-refractivity contribution in [2.24, 2.45) is 0 Å². The summed E-state index contributed by atoms with van der Waals surface area (Å²) in [5.74, 6) is 0. The van der Waals surface area contributed by atoms with Crippen molar-refractivity contribution in [3.05, 3.63) is 44.9 Å². The van der Waals surface area contributed by atoms with Crippen molar-refractivity contribution in [2.45, 2.75) is 9.79 Å². The van der Waals surface area contributed by atoms with Crippen molar-refractivity contribution in [1.29, 1.82) is 0 Å². The molecule has 2 nitrogen and oxygen atoms in total. The van der Waals surface area contributed by atoms with Crippen molar-refractivity contribution in [3.8, 4) is 0 Å². The second-order valence-corrected chi connectivity index (χ2v) is 5.54. The molecule has 0 saturated carbocycles. The fraction of sp³-hybridized carbons (Fsp3) is 0. The molecule has 7 heteroatoms. The van der Waals surface area contributed by atoms with Crippen molar-refractivity contribution < 1.29 is 0 Å². The number of aromatic nitrogens is 2. The lowest BCUT2D eigenvalue weighted by Crippen LogP contribution is -1.88. The highest BCUT2D eigenvalue weighted by atomic mass is 35.5. The van der Waals surface area contributed by atoms with Gasteiger partial charge >= 0.3 is 0 Å². The van der Waals surface area contributed by atoms with E-state index in [0.29, 0.717) is 9.92 Å². The van der Waals surface area contributed by atoms with Gasteiger partial charge in [0.2, 0.25) is 5.28 Å². The number of hydrogen-bond donors (Lipinski definition) is 0. The van der Waals surface area contributed by atoms with Gasteiger partial charge in [0.25, 0.3) is 0 Å². The van der Waals surface area contributed by atoms with Gasteiger partial charge in [0.1, 0.15) is 10.3 Å². The summed E-state index contributed by atoms with van der Waals surface area (Å²) < 4.78 is 0. The smallest absolute Gasteiger partial charge is 0.205 e. The Labute approximate surface area is 122 Å². The minimum atomic E-state index is 0.0236. The Hall–Kier alpha value is -0.190. The van der Waals surface area contributed by atoms with E-state index in [4.69, 9.17) is 46.4 Å². The molecule has 1 aromatic heterocycles. The molecule has 1 aromatic carbocycles. The van der Waals surface area contributed by atoms with Crippen molar-refractivity contribution in [3.63, 3.8) is 0 Å². The predicted octanol–water partition coefficient (Wildman–Crippen LogP) is 5.24. The number of rotatable bonds is 2. The molecular formula is C10H4Cl4N2S. The standard InChI is InChI=1S/C10H4Cl4N2S/c11-5-2-1-3-6(4-5)17-7-8(12)15-10(14)16-9(7)13/h1-4H. The average Bonchev–Trinajstić information content (AvgIpc) is 2.23. The van der Waals surface area contributed by atoms with Gasteiger partial charge in [0.15, 0.2) is 0 Å². The first kappa shape index (κ1) is 13.2. The van der Waals surface area contributed by atoms with E-state index in [9.17, 15) is 0 Å². The van der Waals surface area contributed by atoms with Gasteiger partial charge < -0.3 is 0 Å². The molecule has 88 valence electrons. The largest absolute Gasteiger partial charge is 0.225 e. The minimum Gasteiger partial charge on any atom is -0.205 e. The molecule has 1 heterocycles. The van der Waals surface area contributed by atoms with Gasteiger partial charge in [0.05, 0.1) is 4.90 Å². The average molecular weight is 326 g/mol. The maximum absolute atomic E-state index is 5.95. The molecule has 0 aliphatic heterocycles. The van der Waals surface area contributed by atoms with Crippen LogP contribution in [0.5, 0.6) is 0 Å². The number of halogens is 4. The molecule has 17 heavy (non-hydrogen) atoms.